The number of rotatable bonds is 5. The number of nitrogens with zero attached hydrogens (tertiary/aromatic N) is 1. The highest BCUT2D eigenvalue weighted by molar-refractivity contribution is 7.89. The molecule has 6 nitrogen and oxygen atoms in total. The summed E-state index contributed by atoms with van der Waals surface area (Å²) in [5.41, 5.74) is 0.0500. The largest absolute Gasteiger partial charge is 0.454 e. The van der Waals surface area contributed by atoms with Gasteiger partial charge in [-0.05, 0) is 38.0 Å². The van der Waals surface area contributed by atoms with Crippen LogP contribution >= 0.6 is 11.6 Å². The van der Waals surface area contributed by atoms with E-state index in [0.717, 1.165) is 25.7 Å². The molecule has 0 aliphatic carbocycles. The fourth-order valence-electron chi connectivity index (χ4n) is 2.50. The van der Waals surface area contributed by atoms with Gasteiger partial charge in [-0.1, -0.05) is 24.4 Å². The molecular weight excluding hydrogens is 354 g/mol. The molecule has 0 bridgehead atoms. The second-order valence-corrected chi connectivity index (χ2v) is 8.06. The summed E-state index contributed by atoms with van der Waals surface area (Å²) < 4.78 is 31.9. The van der Waals surface area contributed by atoms with E-state index in [9.17, 15) is 18.0 Å². The molecule has 0 atom stereocenters. The van der Waals surface area contributed by atoms with Crippen LogP contribution in [0.4, 0.5) is 0 Å². The normalized spacial score (nSPS) is 16.4. The Morgan fingerprint density at radius 1 is 1.17 bits per heavy atom. The van der Waals surface area contributed by atoms with Crippen LogP contribution in [0, 0.1) is 0 Å². The Morgan fingerprint density at radius 2 is 1.79 bits per heavy atom. The van der Waals surface area contributed by atoms with E-state index in [4.69, 9.17) is 16.3 Å². The molecule has 0 aromatic heterocycles. The second kappa shape index (κ2) is 8.09. The average molecular weight is 374 g/mol. The summed E-state index contributed by atoms with van der Waals surface area (Å²) in [6.45, 7) is 1.83. The van der Waals surface area contributed by atoms with E-state index in [1.807, 2.05) is 0 Å². The average Bonchev–Trinajstić information content (AvgIpc) is 2.82. The van der Waals surface area contributed by atoms with E-state index in [2.05, 4.69) is 0 Å². The van der Waals surface area contributed by atoms with Crippen molar-refractivity contribution in [2.45, 2.75) is 37.5 Å². The first-order valence-corrected chi connectivity index (χ1v) is 9.60. The van der Waals surface area contributed by atoms with Gasteiger partial charge in [-0.15, -0.1) is 0 Å². The van der Waals surface area contributed by atoms with Gasteiger partial charge in [0.25, 0.3) is 0 Å². The Hall–Kier alpha value is -1.44. The van der Waals surface area contributed by atoms with Crippen molar-refractivity contribution in [1.82, 2.24) is 4.31 Å². The summed E-state index contributed by atoms with van der Waals surface area (Å²) in [5.74, 6) is -1.05. The van der Waals surface area contributed by atoms with Crippen molar-refractivity contribution in [2.24, 2.45) is 0 Å². The Kier molecular flexibility index (Phi) is 6.37. The standard InChI is InChI=1S/C16H20ClNO5S/c1-12(19)11-23-16(20)13-6-7-14(17)15(10-13)24(21,22)18-8-4-2-3-5-9-18/h6-7,10H,2-5,8-9,11H2,1H3. The molecule has 0 saturated carbocycles. The Bertz CT molecular complexity index is 724. The molecule has 0 unspecified atom stereocenters. The summed E-state index contributed by atoms with van der Waals surface area (Å²) in [7, 11) is -3.78. The number of benzene rings is 1. The van der Waals surface area contributed by atoms with E-state index >= 15 is 0 Å². The lowest BCUT2D eigenvalue weighted by molar-refractivity contribution is -0.120. The van der Waals surface area contributed by atoms with Crippen molar-refractivity contribution in [3.8, 4) is 0 Å². The van der Waals surface area contributed by atoms with Crippen LogP contribution < -0.4 is 0 Å². The lowest BCUT2D eigenvalue weighted by atomic mass is 10.2. The Labute approximate surface area is 146 Å². The number of ketones is 1. The number of hydrogen-bond donors (Lipinski definition) is 0. The predicted molar refractivity (Wildman–Crippen MR) is 89.6 cm³/mol. The highest BCUT2D eigenvalue weighted by atomic mass is 35.5. The van der Waals surface area contributed by atoms with E-state index in [1.54, 1.807) is 0 Å². The zero-order valence-corrected chi connectivity index (χ0v) is 15.0. The minimum absolute atomic E-state index is 0.0500. The number of ether oxygens (including phenoxy) is 1. The molecule has 1 aromatic carbocycles. The Morgan fingerprint density at radius 3 is 2.38 bits per heavy atom. The quantitative estimate of drug-likeness (QED) is 0.741. The number of esters is 1. The molecule has 1 fully saturated rings. The molecule has 24 heavy (non-hydrogen) atoms. The summed E-state index contributed by atoms with van der Waals surface area (Å²) in [4.78, 5) is 22.7. The van der Waals surface area contributed by atoms with Gasteiger partial charge in [-0.2, -0.15) is 4.31 Å². The molecule has 0 radical (unpaired) electrons. The topological polar surface area (TPSA) is 80.8 Å². The van der Waals surface area contributed by atoms with E-state index in [-0.39, 0.29) is 27.9 Å². The second-order valence-electron chi connectivity index (χ2n) is 5.74. The molecule has 8 heteroatoms. The molecule has 2 rings (SSSR count). The van der Waals surface area contributed by atoms with Crippen molar-refractivity contribution >= 4 is 33.4 Å². The number of Topliss-reactive ketones (excluding diaryl/α,β-unsaturated/α-hetero) is 1. The van der Waals surface area contributed by atoms with Gasteiger partial charge in [0.05, 0.1) is 10.6 Å². The number of hydrogen-bond acceptors (Lipinski definition) is 5. The molecule has 1 saturated heterocycles. The van der Waals surface area contributed by atoms with E-state index in [1.165, 1.54) is 29.4 Å². The van der Waals surface area contributed by atoms with Crippen LogP contribution in [0.25, 0.3) is 0 Å². The number of sulfonamides is 1. The van der Waals surface area contributed by atoms with Crippen LogP contribution in [0.3, 0.4) is 0 Å². The van der Waals surface area contributed by atoms with Gasteiger partial charge in [-0.3, -0.25) is 4.79 Å². The maximum Gasteiger partial charge on any atom is 0.338 e. The monoisotopic (exact) mass is 373 g/mol. The van der Waals surface area contributed by atoms with Crippen LogP contribution in [0.2, 0.25) is 5.02 Å². The molecule has 0 amide bonds. The van der Waals surface area contributed by atoms with Crippen LogP contribution in [0.5, 0.6) is 0 Å². The fraction of sp³-hybridized carbons (Fsp3) is 0.500. The number of halogens is 1. The van der Waals surface area contributed by atoms with Crippen LogP contribution in [-0.4, -0.2) is 44.2 Å². The van der Waals surface area contributed by atoms with Gasteiger partial charge < -0.3 is 4.74 Å². The molecule has 1 aliphatic rings. The highest BCUT2D eigenvalue weighted by Gasteiger charge is 2.28. The third-order valence-corrected chi connectivity index (χ3v) is 6.14. The maximum absolute atomic E-state index is 12.8. The lowest BCUT2D eigenvalue weighted by Crippen LogP contribution is -2.32. The molecule has 1 aliphatic heterocycles. The minimum Gasteiger partial charge on any atom is -0.454 e. The first-order chi connectivity index (χ1) is 11.3. The van der Waals surface area contributed by atoms with Gasteiger partial charge in [0, 0.05) is 13.1 Å². The molecule has 1 heterocycles. The molecule has 1 aromatic rings. The van der Waals surface area contributed by atoms with E-state index < -0.39 is 16.0 Å². The van der Waals surface area contributed by atoms with E-state index in [0.29, 0.717) is 13.1 Å². The maximum atomic E-state index is 12.8. The summed E-state index contributed by atoms with van der Waals surface area (Å²) in [5, 5.41) is 0.0577. The lowest BCUT2D eigenvalue weighted by Gasteiger charge is -2.20. The van der Waals surface area contributed by atoms with Gasteiger partial charge in [0.2, 0.25) is 10.0 Å². The predicted octanol–water partition coefficient (Wildman–Crippen LogP) is 2.65. The fourth-order valence-corrected chi connectivity index (χ4v) is 4.52. The van der Waals surface area contributed by atoms with Crippen molar-refractivity contribution in [2.75, 3.05) is 19.7 Å². The molecular formula is C16H20ClNO5S. The summed E-state index contributed by atoms with van der Waals surface area (Å²) >= 11 is 6.06. The van der Waals surface area contributed by atoms with Gasteiger partial charge in [-0.25, -0.2) is 13.2 Å². The first-order valence-electron chi connectivity index (χ1n) is 7.78. The van der Waals surface area contributed by atoms with Gasteiger partial charge >= 0.3 is 5.97 Å². The van der Waals surface area contributed by atoms with Gasteiger partial charge in [0.1, 0.15) is 11.5 Å². The molecule has 0 N–H and O–H groups in total. The van der Waals surface area contributed by atoms with Gasteiger partial charge in [0.15, 0.2) is 5.78 Å². The van der Waals surface area contributed by atoms with Crippen molar-refractivity contribution < 1.29 is 22.7 Å². The smallest absolute Gasteiger partial charge is 0.338 e. The van der Waals surface area contributed by atoms with Crippen LogP contribution in [-0.2, 0) is 19.6 Å². The Balaban J connectivity index is 2.30. The summed E-state index contributed by atoms with van der Waals surface area (Å²) in [6.07, 6.45) is 3.60. The number of carbonyl (C=O) groups excluding carboxylic acids is 2. The first kappa shape index (κ1) is 18.9. The van der Waals surface area contributed by atoms with Crippen molar-refractivity contribution in [3.63, 3.8) is 0 Å². The SMILES string of the molecule is CC(=O)COC(=O)c1ccc(Cl)c(S(=O)(=O)N2CCCCCC2)c1. The molecule has 0 spiro atoms. The third-order valence-electron chi connectivity index (χ3n) is 3.76. The van der Waals surface area contributed by atoms with Crippen molar-refractivity contribution in [1.29, 1.82) is 0 Å². The van der Waals surface area contributed by atoms with Crippen LogP contribution in [0.1, 0.15) is 43.0 Å². The molecule has 132 valence electrons. The minimum atomic E-state index is -3.78. The number of carbonyl (C=O) groups is 2. The van der Waals surface area contributed by atoms with Crippen molar-refractivity contribution in [3.05, 3.63) is 28.8 Å². The third kappa shape index (κ3) is 4.55. The zero-order chi connectivity index (χ0) is 17.7. The summed E-state index contributed by atoms with van der Waals surface area (Å²) in [6, 6.07) is 3.95. The highest BCUT2D eigenvalue weighted by Crippen LogP contribution is 2.27. The zero-order valence-electron chi connectivity index (χ0n) is 13.5. The van der Waals surface area contributed by atoms with Crippen LogP contribution in [0.15, 0.2) is 23.1 Å².